The Morgan fingerprint density at radius 1 is 1.42 bits per heavy atom. The van der Waals surface area contributed by atoms with Crippen LogP contribution in [0, 0.1) is 0 Å². The highest BCUT2D eigenvalue weighted by Gasteiger charge is 2.45. The topological polar surface area (TPSA) is 83.9 Å². The average Bonchev–Trinajstić information content (AvgIpc) is 2.37. The molecule has 0 fully saturated rings. The van der Waals surface area contributed by atoms with E-state index in [1.165, 1.54) is 19.2 Å². The zero-order valence-corrected chi connectivity index (χ0v) is 11.4. The van der Waals surface area contributed by atoms with Gasteiger partial charge in [-0.15, -0.1) is 0 Å². The minimum Gasteiger partial charge on any atom is -0.465 e. The van der Waals surface area contributed by atoms with Crippen LogP contribution in [-0.4, -0.2) is 43.5 Å². The molecule has 2 unspecified atom stereocenters. The molecule has 0 amide bonds. The number of aliphatic hydroxyl groups excluding tert-OH is 1. The molecule has 0 aromatic heterocycles. The van der Waals surface area contributed by atoms with Crippen molar-refractivity contribution in [3.63, 3.8) is 0 Å². The molecule has 2 atom stereocenters. The minimum atomic E-state index is -3.79. The van der Waals surface area contributed by atoms with E-state index in [0.717, 1.165) is 4.31 Å². The number of ether oxygens (including phenoxy) is 1. The predicted octanol–water partition coefficient (Wildman–Crippen LogP) is 0.286. The number of rotatable bonds is 2. The van der Waals surface area contributed by atoms with Crippen LogP contribution in [0.5, 0.6) is 0 Å². The number of fused-ring (bicyclic) bond motifs is 1. The third-order valence-corrected chi connectivity index (χ3v) is 5.03. The molecule has 19 heavy (non-hydrogen) atoms. The van der Waals surface area contributed by atoms with Gasteiger partial charge in [-0.2, -0.15) is 4.31 Å². The van der Waals surface area contributed by atoms with Crippen molar-refractivity contribution in [2.75, 3.05) is 13.7 Å². The Balaban J connectivity index is 2.56. The van der Waals surface area contributed by atoms with Gasteiger partial charge >= 0.3 is 5.97 Å². The molecule has 0 spiro atoms. The molecule has 6 nitrogen and oxygen atoms in total. The highest BCUT2D eigenvalue weighted by molar-refractivity contribution is 7.89. The lowest BCUT2D eigenvalue weighted by molar-refractivity contribution is -0.151. The number of nitrogens with zero attached hydrogens (tertiary/aromatic N) is 1. The Hall–Kier alpha value is -1.44. The zero-order chi connectivity index (χ0) is 14.2. The maximum absolute atomic E-state index is 12.3. The van der Waals surface area contributed by atoms with E-state index in [1.54, 1.807) is 19.1 Å². The molecular formula is C12H15NO5S. The van der Waals surface area contributed by atoms with Crippen LogP contribution >= 0.6 is 0 Å². The van der Waals surface area contributed by atoms with Gasteiger partial charge in [-0.3, -0.25) is 4.79 Å². The summed E-state index contributed by atoms with van der Waals surface area (Å²) in [4.78, 5) is 11.8. The van der Waals surface area contributed by atoms with E-state index in [1.807, 2.05) is 0 Å². The zero-order valence-electron chi connectivity index (χ0n) is 10.6. The van der Waals surface area contributed by atoms with Gasteiger partial charge in [-0.05, 0) is 13.0 Å². The van der Waals surface area contributed by atoms with Crippen molar-refractivity contribution >= 4 is 16.0 Å². The number of hydrogen-bond donors (Lipinski definition) is 1. The Morgan fingerprint density at radius 3 is 2.68 bits per heavy atom. The highest BCUT2D eigenvalue weighted by atomic mass is 32.2. The summed E-state index contributed by atoms with van der Waals surface area (Å²) >= 11 is 0. The monoisotopic (exact) mass is 285 g/mol. The molecule has 1 heterocycles. The smallest absolute Gasteiger partial charge is 0.327 e. The number of aliphatic hydroxyl groups is 1. The Morgan fingerprint density at radius 2 is 2.05 bits per heavy atom. The molecule has 1 aromatic rings. The summed E-state index contributed by atoms with van der Waals surface area (Å²) in [5, 5.41) is 10.2. The fourth-order valence-corrected chi connectivity index (χ4v) is 3.69. The van der Waals surface area contributed by atoms with Crippen LogP contribution in [0.15, 0.2) is 29.2 Å². The molecule has 1 aliphatic heterocycles. The van der Waals surface area contributed by atoms with E-state index < -0.39 is 28.1 Å². The first-order valence-corrected chi connectivity index (χ1v) is 7.27. The van der Waals surface area contributed by atoms with Crippen molar-refractivity contribution in [1.29, 1.82) is 0 Å². The number of benzene rings is 1. The average molecular weight is 285 g/mol. The molecule has 7 heteroatoms. The van der Waals surface area contributed by atoms with Gasteiger partial charge < -0.3 is 9.84 Å². The summed E-state index contributed by atoms with van der Waals surface area (Å²) in [7, 11) is -2.53. The number of likely N-dealkylation sites (N-methyl/N-ethyl adjacent to an activating group) is 1. The van der Waals surface area contributed by atoms with E-state index in [-0.39, 0.29) is 17.1 Å². The van der Waals surface area contributed by atoms with Crippen LogP contribution in [0.25, 0.3) is 0 Å². The van der Waals surface area contributed by atoms with Gasteiger partial charge in [0, 0.05) is 12.6 Å². The molecule has 2 rings (SSSR count). The van der Waals surface area contributed by atoms with Crippen LogP contribution in [0.3, 0.4) is 0 Å². The lowest BCUT2D eigenvalue weighted by atomic mass is 10.0. The van der Waals surface area contributed by atoms with Crippen molar-refractivity contribution in [1.82, 2.24) is 4.31 Å². The molecule has 1 aromatic carbocycles. The summed E-state index contributed by atoms with van der Waals surface area (Å²) in [5.41, 5.74) is 0.221. The lowest BCUT2D eigenvalue weighted by Gasteiger charge is -2.35. The largest absolute Gasteiger partial charge is 0.465 e. The van der Waals surface area contributed by atoms with E-state index >= 15 is 0 Å². The molecule has 104 valence electrons. The molecule has 0 aliphatic carbocycles. The fourth-order valence-electron chi connectivity index (χ4n) is 2.14. The standard InChI is InChI=1S/C12H15NO5S/c1-3-18-12(15)10-11(14)8-6-4-5-7-9(8)19(16,17)13(10)2/h4-7,10-11,14H,3H2,1-2H3. The number of hydrogen-bond acceptors (Lipinski definition) is 5. The second-order valence-electron chi connectivity index (χ2n) is 4.20. The van der Waals surface area contributed by atoms with Crippen LogP contribution in [0.4, 0.5) is 0 Å². The third-order valence-electron chi connectivity index (χ3n) is 3.11. The molecule has 1 N–H and O–H groups in total. The molecular weight excluding hydrogens is 270 g/mol. The van der Waals surface area contributed by atoms with Crippen molar-refractivity contribution in [3.05, 3.63) is 29.8 Å². The van der Waals surface area contributed by atoms with E-state index in [2.05, 4.69) is 0 Å². The summed E-state index contributed by atoms with van der Waals surface area (Å²) in [6, 6.07) is 4.84. The Labute approximate surface area is 111 Å². The first-order valence-electron chi connectivity index (χ1n) is 5.83. The van der Waals surface area contributed by atoms with Crippen LogP contribution in [-0.2, 0) is 19.6 Å². The lowest BCUT2D eigenvalue weighted by Crippen LogP contribution is -2.50. The Kier molecular flexibility index (Phi) is 3.62. The van der Waals surface area contributed by atoms with Crippen molar-refractivity contribution in [3.8, 4) is 0 Å². The van der Waals surface area contributed by atoms with Gasteiger partial charge in [0.25, 0.3) is 0 Å². The number of sulfonamides is 1. The minimum absolute atomic E-state index is 0.0190. The van der Waals surface area contributed by atoms with E-state index in [0.29, 0.717) is 0 Å². The summed E-state index contributed by atoms with van der Waals surface area (Å²) in [5.74, 6) is -0.754. The van der Waals surface area contributed by atoms with Crippen molar-refractivity contribution in [2.24, 2.45) is 0 Å². The van der Waals surface area contributed by atoms with E-state index in [9.17, 15) is 18.3 Å². The van der Waals surface area contributed by atoms with Crippen LogP contribution in [0.1, 0.15) is 18.6 Å². The summed E-state index contributed by atoms with van der Waals surface area (Å²) in [6.45, 7) is 1.74. The van der Waals surface area contributed by atoms with Gasteiger partial charge in [-0.25, -0.2) is 8.42 Å². The number of carbonyl (C=O) groups is 1. The maximum Gasteiger partial charge on any atom is 0.327 e. The highest BCUT2D eigenvalue weighted by Crippen LogP contribution is 2.35. The van der Waals surface area contributed by atoms with Crippen molar-refractivity contribution in [2.45, 2.75) is 24.0 Å². The van der Waals surface area contributed by atoms with Crippen LogP contribution in [0.2, 0.25) is 0 Å². The second-order valence-corrected chi connectivity index (χ2v) is 6.17. The molecule has 0 saturated carbocycles. The Bertz CT molecular complexity index is 598. The van der Waals surface area contributed by atoms with Gasteiger partial charge in [-0.1, -0.05) is 18.2 Å². The fraction of sp³-hybridized carbons (Fsp3) is 0.417. The first kappa shape index (κ1) is 14.0. The maximum atomic E-state index is 12.3. The van der Waals surface area contributed by atoms with Gasteiger partial charge in [0.05, 0.1) is 11.5 Å². The van der Waals surface area contributed by atoms with Gasteiger partial charge in [0.15, 0.2) is 6.04 Å². The number of esters is 1. The molecule has 0 saturated heterocycles. The van der Waals surface area contributed by atoms with Crippen LogP contribution < -0.4 is 0 Å². The molecule has 0 radical (unpaired) electrons. The predicted molar refractivity (Wildman–Crippen MR) is 66.8 cm³/mol. The molecule has 0 bridgehead atoms. The normalized spacial score (nSPS) is 25.6. The first-order chi connectivity index (χ1) is 8.91. The SMILES string of the molecule is CCOC(=O)C1C(O)c2ccccc2S(=O)(=O)N1C. The van der Waals surface area contributed by atoms with Gasteiger partial charge in [0.1, 0.15) is 6.10 Å². The second kappa shape index (κ2) is 4.92. The quantitative estimate of drug-likeness (QED) is 0.789. The van der Waals surface area contributed by atoms with Crippen molar-refractivity contribution < 1.29 is 23.1 Å². The molecule has 1 aliphatic rings. The summed E-state index contributed by atoms with van der Waals surface area (Å²) < 4.78 is 30.2. The third kappa shape index (κ3) is 2.13. The number of carbonyl (C=O) groups excluding carboxylic acids is 1. The van der Waals surface area contributed by atoms with E-state index in [4.69, 9.17) is 4.74 Å². The summed E-state index contributed by atoms with van der Waals surface area (Å²) in [6.07, 6.45) is -1.23. The van der Waals surface area contributed by atoms with Gasteiger partial charge in [0.2, 0.25) is 10.0 Å².